The van der Waals surface area contributed by atoms with Gasteiger partial charge in [0.15, 0.2) is 11.5 Å². The quantitative estimate of drug-likeness (QED) is 0.738. The number of benzene rings is 2. The van der Waals surface area contributed by atoms with Crippen LogP contribution in [-0.2, 0) is 12.8 Å². The summed E-state index contributed by atoms with van der Waals surface area (Å²) in [6.07, 6.45) is 3.62. The number of hydrogen-bond donors (Lipinski definition) is 0. The minimum Gasteiger partial charge on any atom is -0.454 e. The molecule has 0 aliphatic carbocycles. The van der Waals surface area contributed by atoms with Crippen LogP contribution in [0.2, 0.25) is 0 Å². The zero-order valence-electron chi connectivity index (χ0n) is 11.5. The van der Waals surface area contributed by atoms with E-state index in [4.69, 9.17) is 9.47 Å². The molecule has 0 N–H and O–H groups in total. The van der Waals surface area contributed by atoms with Crippen LogP contribution in [0.15, 0.2) is 48.7 Å². The van der Waals surface area contributed by atoms with E-state index < -0.39 is 0 Å². The SMILES string of the molecule is c1ccc2nc(CCc3ccc4c(c3)OCO4)cnc2c1. The molecule has 1 aliphatic heterocycles. The molecular formula is C17H14N2O2. The van der Waals surface area contributed by atoms with Gasteiger partial charge in [0.2, 0.25) is 6.79 Å². The molecule has 4 nitrogen and oxygen atoms in total. The zero-order valence-corrected chi connectivity index (χ0v) is 11.5. The molecule has 2 aromatic carbocycles. The van der Waals surface area contributed by atoms with Crippen molar-refractivity contribution in [2.45, 2.75) is 12.8 Å². The maximum atomic E-state index is 5.40. The second-order valence-electron chi connectivity index (χ2n) is 5.04. The van der Waals surface area contributed by atoms with Gasteiger partial charge in [0.1, 0.15) is 0 Å². The Hall–Kier alpha value is -2.62. The third-order valence-corrected chi connectivity index (χ3v) is 3.61. The van der Waals surface area contributed by atoms with E-state index in [1.54, 1.807) is 0 Å². The Bertz CT molecular complexity index is 802. The van der Waals surface area contributed by atoms with Crippen LogP contribution in [0.25, 0.3) is 11.0 Å². The summed E-state index contributed by atoms with van der Waals surface area (Å²) in [4.78, 5) is 9.09. The summed E-state index contributed by atoms with van der Waals surface area (Å²) < 4.78 is 10.7. The van der Waals surface area contributed by atoms with Crippen LogP contribution in [-0.4, -0.2) is 16.8 Å². The summed E-state index contributed by atoms with van der Waals surface area (Å²) >= 11 is 0. The Morgan fingerprint density at radius 1 is 0.905 bits per heavy atom. The fourth-order valence-corrected chi connectivity index (χ4v) is 2.48. The molecule has 0 saturated carbocycles. The number of ether oxygens (including phenoxy) is 2. The van der Waals surface area contributed by atoms with Crippen molar-refractivity contribution < 1.29 is 9.47 Å². The van der Waals surface area contributed by atoms with Crippen molar-refractivity contribution in [2.75, 3.05) is 6.79 Å². The Morgan fingerprint density at radius 3 is 2.71 bits per heavy atom. The van der Waals surface area contributed by atoms with Crippen molar-refractivity contribution in [1.29, 1.82) is 0 Å². The van der Waals surface area contributed by atoms with Crippen LogP contribution in [0.3, 0.4) is 0 Å². The van der Waals surface area contributed by atoms with Crippen molar-refractivity contribution in [3.05, 3.63) is 59.9 Å². The smallest absolute Gasteiger partial charge is 0.231 e. The van der Waals surface area contributed by atoms with Crippen LogP contribution >= 0.6 is 0 Å². The Kier molecular flexibility index (Phi) is 2.92. The zero-order chi connectivity index (χ0) is 14.1. The van der Waals surface area contributed by atoms with Gasteiger partial charge < -0.3 is 9.47 Å². The first-order valence-corrected chi connectivity index (χ1v) is 6.98. The van der Waals surface area contributed by atoms with Crippen LogP contribution < -0.4 is 9.47 Å². The first-order chi connectivity index (χ1) is 10.4. The minimum atomic E-state index is 0.314. The van der Waals surface area contributed by atoms with Gasteiger partial charge in [-0.05, 0) is 42.7 Å². The van der Waals surface area contributed by atoms with Gasteiger partial charge in [-0.15, -0.1) is 0 Å². The van der Waals surface area contributed by atoms with Crippen molar-refractivity contribution in [3.63, 3.8) is 0 Å². The lowest BCUT2D eigenvalue weighted by molar-refractivity contribution is 0.174. The monoisotopic (exact) mass is 278 g/mol. The van der Waals surface area contributed by atoms with Gasteiger partial charge in [0.25, 0.3) is 0 Å². The number of aromatic nitrogens is 2. The molecule has 0 unspecified atom stereocenters. The number of hydrogen-bond acceptors (Lipinski definition) is 4. The minimum absolute atomic E-state index is 0.314. The molecule has 21 heavy (non-hydrogen) atoms. The molecule has 4 heteroatoms. The van der Waals surface area contributed by atoms with E-state index in [0.717, 1.165) is 41.1 Å². The summed E-state index contributed by atoms with van der Waals surface area (Å²) in [5.74, 6) is 1.65. The van der Waals surface area contributed by atoms with Crippen molar-refractivity contribution >= 4 is 11.0 Å². The van der Waals surface area contributed by atoms with E-state index in [1.807, 2.05) is 42.6 Å². The van der Waals surface area contributed by atoms with E-state index in [9.17, 15) is 0 Å². The molecule has 1 aliphatic rings. The highest BCUT2D eigenvalue weighted by molar-refractivity contribution is 5.73. The predicted octanol–water partition coefficient (Wildman–Crippen LogP) is 3.14. The Labute approximate surface area is 122 Å². The van der Waals surface area contributed by atoms with Crippen LogP contribution in [0.5, 0.6) is 11.5 Å². The first kappa shape index (κ1) is 12.1. The highest BCUT2D eigenvalue weighted by Gasteiger charge is 2.13. The van der Waals surface area contributed by atoms with Gasteiger partial charge in [0.05, 0.1) is 16.7 Å². The first-order valence-electron chi connectivity index (χ1n) is 6.98. The lowest BCUT2D eigenvalue weighted by Crippen LogP contribution is -1.96. The fraction of sp³-hybridized carbons (Fsp3) is 0.176. The van der Waals surface area contributed by atoms with Crippen LogP contribution in [0.1, 0.15) is 11.3 Å². The van der Waals surface area contributed by atoms with Crippen molar-refractivity contribution in [2.24, 2.45) is 0 Å². The van der Waals surface area contributed by atoms with Gasteiger partial charge in [-0.2, -0.15) is 0 Å². The second-order valence-corrected chi connectivity index (χ2v) is 5.04. The highest BCUT2D eigenvalue weighted by atomic mass is 16.7. The lowest BCUT2D eigenvalue weighted by atomic mass is 10.1. The molecule has 0 spiro atoms. The summed E-state index contributed by atoms with van der Waals surface area (Å²) in [7, 11) is 0. The molecule has 0 bridgehead atoms. The third-order valence-electron chi connectivity index (χ3n) is 3.61. The third kappa shape index (κ3) is 2.40. The van der Waals surface area contributed by atoms with Gasteiger partial charge in [-0.1, -0.05) is 18.2 Å². The number of rotatable bonds is 3. The topological polar surface area (TPSA) is 44.2 Å². The maximum Gasteiger partial charge on any atom is 0.231 e. The lowest BCUT2D eigenvalue weighted by Gasteiger charge is -2.04. The number of aryl methyl sites for hydroxylation is 2. The summed E-state index contributed by atoms with van der Waals surface area (Å²) in [5, 5.41) is 0. The molecule has 0 radical (unpaired) electrons. The summed E-state index contributed by atoms with van der Waals surface area (Å²) in [6.45, 7) is 0.314. The van der Waals surface area contributed by atoms with E-state index >= 15 is 0 Å². The van der Waals surface area contributed by atoms with E-state index in [2.05, 4.69) is 16.0 Å². The molecule has 0 fully saturated rings. The molecule has 0 amide bonds. The number of para-hydroxylation sites is 2. The maximum absolute atomic E-state index is 5.40. The van der Waals surface area contributed by atoms with Gasteiger partial charge in [-0.3, -0.25) is 4.98 Å². The van der Waals surface area contributed by atoms with Gasteiger partial charge >= 0.3 is 0 Å². The average Bonchev–Trinajstić information content (AvgIpc) is 3.00. The molecule has 2 heterocycles. The molecule has 104 valence electrons. The van der Waals surface area contributed by atoms with E-state index in [1.165, 1.54) is 5.56 Å². The van der Waals surface area contributed by atoms with Crippen LogP contribution in [0.4, 0.5) is 0 Å². The fourth-order valence-electron chi connectivity index (χ4n) is 2.48. The van der Waals surface area contributed by atoms with Crippen LogP contribution in [0, 0.1) is 0 Å². The number of nitrogens with zero attached hydrogens (tertiary/aromatic N) is 2. The Morgan fingerprint density at radius 2 is 1.76 bits per heavy atom. The van der Waals surface area contributed by atoms with E-state index in [-0.39, 0.29) is 0 Å². The van der Waals surface area contributed by atoms with E-state index in [0.29, 0.717) is 6.79 Å². The average molecular weight is 278 g/mol. The molecular weight excluding hydrogens is 264 g/mol. The summed E-state index contributed by atoms with van der Waals surface area (Å²) in [5.41, 5.74) is 4.10. The predicted molar refractivity (Wildman–Crippen MR) is 79.5 cm³/mol. The standard InChI is InChI=1S/C17H14N2O2/c1-2-4-15-14(3-1)18-10-13(19-15)7-5-12-6-8-16-17(9-12)21-11-20-16/h1-4,6,8-10H,5,7,11H2. The largest absolute Gasteiger partial charge is 0.454 e. The molecule has 0 saturated heterocycles. The van der Waals surface area contributed by atoms with Crippen molar-refractivity contribution in [3.8, 4) is 11.5 Å². The molecule has 3 aromatic rings. The molecule has 1 aromatic heterocycles. The van der Waals surface area contributed by atoms with Gasteiger partial charge in [0, 0.05) is 6.20 Å². The molecule has 4 rings (SSSR count). The number of fused-ring (bicyclic) bond motifs is 2. The second kappa shape index (κ2) is 5.05. The van der Waals surface area contributed by atoms with Crippen molar-refractivity contribution in [1.82, 2.24) is 9.97 Å². The summed E-state index contributed by atoms with van der Waals surface area (Å²) in [6, 6.07) is 14.0. The van der Waals surface area contributed by atoms with Gasteiger partial charge in [-0.25, -0.2) is 4.98 Å². The molecule has 0 atom stereocenters. The normalized spacial score (nSPS) is 12.8. The Balaban J connectivity index is 1.52. The highest BCUT2D eigenvalue weighted by Crippen LogP contribution is 2.32.